The van der Waals surface area contributed by atoms with E-state index in [1.54, 1.807) is 6.92 Å². The summed E-state index contributed by atoms with van der Waals surface area (Å²) < 4.78 is 1.83. The number of benzene rings is 1. The number of hydrogen-bond acceptors (Lipinski definition) is 3. The minimum atomic E-state index is 0.0953. The zero-order valence-electron chi connectivity index (χ0n) is 13.8. The van der Waals surface area contributed by atoms with Crippen LogP contribution in [0.4, 0.5) is 0 Å². The summed E-state index contributed by atoms with van der Waals surface area (Å²) in [4.78, 5) is 14.7. The van der Waals surface area contributed by atoms with Crippen molar-refractivity contribution in [3.8, 4) is 0 Å². The Morgan fingerprint density at radius 3 is 2.70 bits per heavy atom. The van der Waals surface area contributed by atoms with Crippen molar-refractivity contribution < 1.29 is 4.79 Å². The van der Waals surface area contributed by atoms with Crippen molar-refractivity contribution in [3.05, 3.63) is 36.0 Å². The van der Waals surface area contributed by atoms with Crippen molar-refractivity contribution >= 4 is 16.8 Å². The molecule has 1 N–H and O–H groups in total. The fraction of sp³-hybridized carbons (Fsp3) is 0.526. The number of carbonyl (C=O) groups excluding carboxylic acids is 1. The van der Waals surface area contributed by atoms with Crippen LogP contribution in [0.3, 0.4) is 0 Å². The molecule has 1 aromatic heterocycles. The SMILES string of the molecule is CC(=O)n1cc([C@@H](CC2CC2)N2CCNCC2)c2ccccc21. The molecule has 2 aromatic rings. The number of carbonyl (C=O) groups is 1. The second-order valence-corrected chi connectivity index (χ2v) is 6.97. The lowest BCUT2D eigenvalue weighted by Crippen LogP contribution is -2.45. The second kappa shape index (κ2) is 6.10. The molecule has 0 bridgehead atoms. The quantitative estimate of drug-likeness (QED) is 0.943. The minimum absolute atomic E-state index is 0.0953. The number of fused-ring (bicyclic) bond motifs is 1. The van der Waals surface area contributed by atoms with Crippen molar-refractivity contribution in [3.63, 3.8) is 0 Å². The number of hydrogen-bond donors (Lipinski definition) is 1. The first-order valence-electron chi connectivity index (χ1n) is 8.79. The molecule has 0 unspecified atom stereocenters. The van der Waals surface area contributed by atoms with Gasteiger partial charge >= 0.3 is 0 Å². The van der Waals surface area contributed by atoms with Gasteiger partial charge in [-0.15, -0.1) is 0 Å². The van der Waals surface area contributed by atoms with E-state index in [9.17, 15) is 4.79 Å². The molecule has 23 heavy (non-hydrogen) atoms. The van der Waals surface area contributed by atoms with Gasteiger partial charge in [0.05, 0.1) is 5.52 Å². The molecule has 2 aliphatic rings. The molecule has 0 amide bonds. The highest BCUT2D eigenvalue weighted by atomic mass is 16.1. The summed E-state index contributed by atoms with van der Waals surface area (Å²) in [7, 11) is 0. The van der Waals surface area contributed by atoms with Gasteiger partial charge in [-0.1, -0.05) is 31.0 Å². The normalized spacial score (nSPS) is 20.7. The van der Waals surface area contributed by atoms with Crippen LogP contribution in [-0.4, -0.2) is 41.6 Å². The molecular formula is C19H25N3O. The Morgan fingerprint density at radius 1 is 1.26 bits per heavy atom. The molecule has 2 fully saturated rings. The van der Waals surface area contributed by atoms with Crippen LogP contribution < -0.4 is 5.32 Å². The summed E-state index contributed by atoms with van der Waals surface area (Å²) in [5.74, 6) is 0.965. The first-order valence-corrected chi connectivity index (χ1v) is 8.79. The molecule has 122 valence electrons. The average molecular weight is 311 g/mol. The first kappa shape index (κ1) is 14.9. The number of para-hydroxylation sites is 1. The van der Waals surface area contributed by atoms with Crippen LogP contribution in [0.2, 0.25) is 0 Å². The van der Waals surface area contributed by atoms with Gasteiger partial charge < -0.3 is 5.32 Å². The molecule has 1 saturated carbocycles. The third-order valence-corrected chi connectivity index (χ3v) is 5.29. The summed E-state index contributed by atoms with van der Waals surface area (Å²) in [5.41, 5.74) is 2.38. The zero-order valence-corrected chi connectivity index (χ0v) is 13.8. The minimum Gasteiger partial charge on any atom is -0.314 e. The molecule has 2 heterocycles. The van der Waals surface area contributed by atoms with Gasteiger partial charge in [-0.05, 0) is 24.0 Å². The largest absolute Gasteiger partial charge is 0.314 e. The van der Waals surface area contributed by atoms with Crippen molar-refractivity contribution in [2.24, 2.45) is 5.92 Å². The Morgan fingerprint density at radius 2 is 2.00 bits per heavy atom. The molecule has 1 aliphatic heterocycles. The van der Waals surface area contributed by atoms with Crippen LogP contribution >= 0.6 is 0 Å². The van der Waals surface area contributed by atoms with Crippen LogP contribution in [0.1, 0.15) is 42.6 Å². The lowest BCUT2D eigenvalue weighted by Gasteiger charge is -2.35. The molecule has 1 saturated heterocycles. The molecule has 4 heteroatoms. The van der Waals surface area contributed by atoms with Crippen molar-refractivity contribution in [1.82, 2.24) is 14.8 Å². The lowest BCUT2D eigenvalue weighted by molar-refractivity contribution is 0.0941. The first-order chi connectivity index (χ1) is 11.2. The lowest BCUT2D eigenvalue weighted by atomic mass is 9.98. The van der Waals surface area contributed by atoms with Gasteiger partial charge in [0.25, 0.3) is 0 Å². The van der Waals surface area contributed by atoms with E-state index in [0.717, 1.165) is 37.6 Å². The van der Waals surface area contributed by atoms with Crippen LogP contribution in [0.15, 0.2) is 30.5 Å². The number of piperazine rings is 1. The van der Waals surface area contributed by atoms with Crippen molar-refractivity contribution in [2.75, 3.05) is 26.2 Å². The summed E-state index contributed by atoms with van der Waals surface area (Å²) in [5, 5.41) is 4.69. The number of rotatable bonds is 4. The average Bonchev–Trinajstić information content (AvgIpc) is 3.32. The molecular weight excluding hydrogens is 286 g/mol. The maximum atomic E-state index is 12.0. The Hall–Kier alpha value is -1.65. The van der Waals surface area contributed by atoms with Gasteiger partial charge in [0, 0.05) is 50.7 Å². The van der Waals surface area contributed by atoms with Crippen LogP contribution in [0, 0.1) is 5.92 Å². The number of nitrogens with one attached hydrogen (secondary N) is 1. The molecule has 0 radical (unpaired) electrons. The van der Waals surface area contributed by atoms with Gasteiger partial charge in [0.1, 0.15) is 0 Å². The highest BCUT2D eigenvalue weighted by Gasteiger charge is 2.32. The summed E-state index contributed by atoms with van der Waals surface area (Å²) in [6, 6.07) is 8.78. The van der Waals surface area contributed by atoms with E-state index in [4.69, 9.17) is 0 Å². The standard InChI is InChI=1S/C19H25N3O/c1-14(23)22-13-17(16-4-2-3-5-18(16)22)19(12-15-6-7-15)21-10-8-20-9-11-21/h2-5,13,15,19-20H,6-12H2,1H3/t19-/m1/s1. The Balaban J connectivity index is 1.77. The van der Waals surface area contributed by atoms with Crippen molar-refractivity contribution in [2.45, 2.75) is 32.2 Å². The Labute approximate surface area is 137 Å². The Bertz CT molecular complexity index is 710. The monoisotopic (exact) mass is 311 g/mol. The maximum absolute atomic E-state index is 12.0. The number of nitrogens with zero attached hydrogens (tertiary/aromatic N) is 2. The van der Waals surface area contributed by atoms with Gasteiger partial charge in [-0.25, -0.2) is 0 Å². The van der Waals surface area contributed by atoms with E-state index in [0.29, 0.717) is 6.04 Å². The molecule has 0 spiro atoms. The van der Waals surface area contributed by atoms with Gasteiger partial charge in [-0.2, -0.15) is 0 Å². The highest BCUT2D eigenvalue weighted by molar-refractivity contribution is 5.93. The van der Waals surface area contributed by atoms with Crippen LogP contribution in [0.25, 0.3) is 10.9 Å². The summed E-state index contributed by atoms with van der Waals surface area (Å²) in [6.07, 6.45) is 6.07. The zero-order chi connectivity index (χ0) is 15.8. The third kappa shape index (κ3) is 2.93. The van der Waals surface area contributed by atoms with Crippen LogP contribution in [-0.2, 0) is 0 Å². The predicted octanol–water partition coefficient (Wildman–Crippen LogP) is 3.05. The summed E-state index contributed by atoms with van der Waals surface area (Å²) >= 11 is 0. The number of aromatic nitrogens is 1. The fourth-order valence-corrected chi connectivity index (χ4v) is 3.87. The van der Waals surface area contributed by atoms with Crippen LogP contribution in [0.5, 0.6) is 0 Å². The second-order valence-electron chi connectivity index (χ2n) is 6.97. The van der Waals surface area contributed by atoms with E-state index in [1.807, 2.05) is 10.6 Å². The van der Waals surface area contributed by atoms with E-state index in [1.165, 1.54) is 30.2 Å². The van der Waals surface area contributed by atoms with E-state index < -0.39 is 0 Å². The smallest absolute Gasteiger partial charge is 0.227 e. The van der Waals surface area contributed by atoms with Gasteiger partial charge in [0.15, 0.2) is 0 Å². The Kier molecular flexibility index (Phi) is 3.95. The molecule has 1 aromatic carbocycles. The fourth-order valence-electron chi connectivity index (χ4n) is 3.87. The van der Waals surface area contributed by atoms with E-state index in [-0.39, 0.29) is 5.91 Å². The maximum Gasteiger partial charge on any atom is 0.227 e. The summed E-state index contributed by atoms with van der Waals surface area (Å²) in [6.45, 7) is 5.96. The van der Waals surface area contributed by atoms with Gasteiger partial charge in [0.2, 0.25) is 5.91 Å². The topological polar surface area (TPSA) is 37.3 Å². The molecule has 4 nitrogen and oxygen atoms in total. The molecule has 1 atom stereocenters. The van der Waals surface area contributed by atoms with Crippen molar-refractivity contribution in [1.29, 1.82) is 0 Å². The third-order valence-electron chi connectivity index (χ3n) is 5.29. The van der Waals surface area contributed by atoms with E-state index >= 15 is 0 Å². The van der Waals surface area contributed by atoms with Gasteiger partial charge in [-0.3, -0.25) is 14.3 Å². The molecule has 4 rings (SSSR count). The molecule has 1 aliphatic carbocycles. The predicted molar refractivity (Wildman–Crippen MR) is 92.8 cm³/mol. The highest BCUT2D eigenvalue weighted by Crippen LogP contribution is 2.42. The van der Waals surface area contributed by atoms with E-state index in [2.05, 4.69) is 34.6 Å².